The fraction of sp³-hybridized carbons (Fsp3) is 1.00. The lowest BCUT2D eigenvalue weighted by Gasteiger charge is -2.24. The molecule has 1 heteroatoms. The predicted octanol–water partition coefficient (Wildman–Crippen LogP) is 2.37. The highest BCUT2D eigenvalue weighted by Gasteiger charge is 2.33. The van der Waals surface area contributed by atoms with Gasteiger partial charge in [-0.2, -0.15) is 0 Å². The maximum Gasteiger partial charge on any atom is 0.00385 e. The summed E-state index contributed by atoms with van der Waals surface area (Å²) in [4.78, 5) is 2.56. The monoisotopic (exact) mass is 155 g/mol. The second kappa shape index (κ2) is 3.57. The van der Waals surface area contributed by atoms with Crippen LogP contribution in [0.5, 0.6) is 0 Å². The molecule has 0 aromatic carbocycles. The topological polar surface area (TPSA) is 3.24 Å². The van der Waals surface area contributed by atoms with Gasteiger partial charge in [0.2, 0.25) is 0 Å². The summed E-state index contributed by atoms with van der Waals surface area (Å²) in [7, 11) is 0. The summed E-state index contributed by atoms with van der Waals surface area (Å²) in [5, 5.41) is 0. The van der Waals surface area contributed by atoms with Gasteiger partial charge in [-0.1, -0.05) is 13.8 Å². The molecule has 0 spiro atoms. The van der Waals surface area contributed by atoms with Crippen LogP contribution in [0.25, 0.3) is 0 Å². The first kappa shape index (κ1) is 9.05. The Kier molecular flexibility index (Phi) is 2.94. The Bertz CT molecular complexity index is 120. The Balaban J connectivity index is 2.21. The Morgan fingerprint density at radius 1 is 1.45 bits per heavy atom. The minimum absolute atomic E-state index is 0.729. The Hall–Kier alpha value is -0.0400. The molecule has 2 atom stereocenters. The lowest BCUT2D eigenvalue weighted by molar-refractivity contribution is 0.221. The smallest absolute Gasteiger partial charge is 0.00385 e. The SMILES string of the molecule is CCN(C[C@@H]1C[C@@H]1C)C(C)C. The zero-order chi connectivity index (χ0) is 8.43. The summed E-state index contributed by atoms with van der Waals surface area (Å²) in [6.07, 6.45) is 1.46. The minimum Gasteiger partial charge on any atom is -0.301 e. The van der Waals surface area contributed by atoms with Crippen LogP contribution in [0.1, 0.15) is 34.1 Å². The summed E-state index contributed by atoms with van der Waals surface area (Å²) in [5.74, 6) is 2.01. The van der Waals surface area contributed by atoms with Crippen LogP contribution in [0.15, 0.2) is 0 Å². The third-order valence-corrected chi connectivity index (χ3v) is 2.88. The van der Waals surface area contributed by atoms with Crippen LogP contribution in [-0.4, -0.2) is 24.0 Å². The van der Waals surface area contributed by atoms with Crippen molar-refractivity contribution in [1.29, 1.82) is 0 Å². The van der Waals surface area contributed by atoms with Gasteiger partial charge in [-0.25, -0.2) is 0 Å². The first-order chi connectivity index (χ1) is 5.15. The van der Waals surface area contributed by atoms with E-state index in [2.05, 4.69) is 32.6 Å². The zero-order valence-electron chi connectivity index (χ0n) is 8.30. The zero-order valence-corrected chi connectivity index (χ0v) is 8.30. The quantitative estimate of drug-likeness (QED) is 0.602. The lowest BCUT2D eigenvalue weighted by atomic mass is 10.2. The van der Waals surface area contributed by atoms with E-state index in [0.29, 0.717) is 0 Å². The second-order valence-electron chi connectivity index (χ2n) is 4.15. The lowest BCUT2D eigenvalue weighted by Crippen LogP contribution is -2.32. The van der Waals surface area contributed by atoms with Crippen LogP contribution in [0.2, 0.25) is 0 Å². The predicted molar refractivity (Wildman–Crippen MR) is 49.7 cm³/mol. The molecule has 1 nitrogen and oxygen atoms in total. The molecule has 0 heterocycles. The number of hydrogen-bond acceptors (Lipinski definition) is 1. The molecule has 1 aliphatic carbocycles. The van der Waals surface area contributed by atoms with E-state index in [1.807, 2.05) is 0 Å². The molecular formula is C10H21N. The molecule has 0 unspecified atom stereocenters. The van der Waals surface area contributed by atoms with E-state index < -0.39 is 0 Å². The van der Waals surface area contributed by atoms with Crippen LogP contribution in [0, 0.1) is 11.8 Å². The summed E-state index contributed by atoms with van der Waals surface area (Å²) in [6.45, 7) is 11.7. The first-order valence-electron chi connectivity index (χ1n) is 4.89. The van der Waals surface area contributed by atoms with Gasteiger partial charge in [0.15, 0.2) is 0 Å². The number of hydrogen-bond donors (Lipinski definition) is 0. The van der Waals surface area contributed by atoms with Gasteiger partial charge in [0, 0.05) is 12.6 Å². The highest BCUT2D eigenvalue weighted by molar-refractivity contribution is 4.85. The van der Waals surface area contributed by atoms with E-state index in [1.165, 1.54) is 19.5 Å². The minimum atomic E-state index is 0.729. The van der Waals surface area contributed by atoms with E-state index >= 15 is 0 Å². The molecule has 0 bridgehead atoms. The van der Waals surface area contributed by atoms with Crippen molar-refractivity contribution in [2.45, 2.75) is 40.2 Å². The Morgan fingerprint density at radius 3 is 2.27 bits per heavy atom. The molecule has 1 saturated carbocycles. The van der Waals surface area contributed by atoms with Crippen LogP contribution in [0.3, 0.4) is 0 Å². The summed E-state index contributed by atoms with van der Waals surface area (Å²) in [5.41, 5.74) is 0. The molecule has 66 valence electrons. The van der Waals surface area contributed by atoms with Crippen LogP contribution in [0.4, 0.5) is 0 Å². The summed E-state index contributed by atoms with van der Waals surface area (Å²) >= 11 is 0. The molecule has 11 heavy (non-hydrogen) atoms. The number of nitrogens with zero attached hydrogens (tertiary/aromatic N) is 1. The molecule has 0 saturated heterocycles. The second-order valence-corrected chi connectivity index (χ2v) is 4.15. The van der Waals surface area contributed by atoms with E-state index in [9.17, 15) is 0 Å². The van der Waals surface area contributed by atoms with Crippen molar-refractivity contribution in [3.05, 3.63) is 0 Å². The average molecular weight is 155 g/mol. The van der Waals surface area contributed by atoms with Crippen LogP contribution in [-0.2, 0) is 0 Å². The largest absolute Gasteiger partial charge is 0.301 e. The van der Waals surface area contributed by atoms with E-state index in [-0.39, 0.29) is 0 Å². The third kappa shape index (κ3) is 2.48. The molecule has 0 amide bonds. The van der Waals surface area contributed by atoms with Gasteiger partial charge in [-0.05, 0) is 38.6 Å². The van der Waals surface area contributed by atoms with Crippen molar-refractivity contribution < 1.29 is 0 Å². The van der Waals surface area contributed by atoms with Gasteiger partial charge in [0.1, 0.15) is 0 Å². The van der Waals surface area contributed by atoms with Crippen molar-refractivity contribution >= 4 is 0 Å². The van der Waals surface area contributed by atoms with Crippen molar-refractivity contribution in [1.82, 2.24) is 4.90 Å². The fourth-order valence-electron chi connectivity index (χ4n) is 1.66. The standard InChI is InChI=1S/C10H21N/c1-5-11(8(2)3)7-10-6-9(10)4/h8-10H,5-7H2,1-4H3/t9-,10-/m0/s1. The van der Waals surface area contributed by atoms with E-state index in [0.717, 1.165) is 17.9 Å². The Labute approximate surface area is 70.8 Å². The van der Waals surface area contributed by atoms with Crippen molar-refractivity contribution in [3.63, 3.8) is 0 Å². The molecule has 1 aliphatic rings. The maximum absolute atomic E-state index is 2.56. The normalized spacial score (nSPS) is 30.0. The summed E-state index contributed by atoms with van der Waals surface area (Å²) < 4.78 is 0. The summed E-state index contributed by atoms with van der Waals surface area (Å²) in [6, 6.07) is 0.729. The van der Waals surface area contributed by atoms with Gasteiger partial charge < -0.3 is 4.90 Å². The molecule has 1 rings (SSSR count). The fourth-order valence-corrected chi connectivity index (χ4v) is 1.66. The van der Waals surface area contributed by atoms with Gasteiger partial charge in [-0.15, -0.1) is 0 Å². The van der Waals surface area contributed by atoms with Crippen LogP contribution < -0.4 is 0 Å². The number of rotatable bonds is 4. The maximum atomic E-state index is 2.56. The van der Waals surface area contributed by atoms with Gasteiger partial charge in [0.25, 0.3) is 0 Å². The molecule has 1 fully saturated rings. The van der Waals surface area contributed by atoms with Crippen LogP contribution >= 0.6 is 0 Å². The molecule has 0 aromatic heterocycles. The van der Waals surface area contributed by atoms with E-state index in [4.69, 9.17) is 0 Å². The van der Waals surface area contributed by atoms with Crippen molar-refractivity contribution in [2.24, 2.45) is 11.8 Å². The molecule has 0 N–H and O–H groups in total. The van der Waals surface area contributed by atoms with E-state index in [1.54, 1.807) is 0 Å². The molecular weight excluding hydrogens is 134 g/mol. The first-order valence-corrected chi connectivity index (χ1v) is 4.89. The van der Waals surface area contributed by atoms with Crippen molar-refractivity contribution in [3.8, 4) is 0 Å². The molecule has 0 aliphatic heterocycles. The average Bonchev–Trinajstić information content (AvgIpc) is 2.61. The van der Waals surface area contributed by atoms with Gasteiger partial charge >= 0.3 is 0 Å². The van der Waals surface area contributed by atoms with Gasteiger partial charge in [0.05, 0.1) is 0 Å². The molecule has 0 aromatic rings. The Morgan fingerprint density at radius 2 is 2.00 bits per heavy atom. The highest BCUT2D eigenvalue weighted by Crippen LogP contribution is 2.38. The highest BCUT2D eigenvalue weighted by atomic mass is 15.1. The molecule has 0 radical (unpaired) electrons. The van der Waals surface area contributed by atoms with Crippen molar-refractivity contribution in [2.75, 3.05) is 13.1 Å². The van der Waals surface area contributed by atoms with Gasteiger partial charge in [-0.3, -0.25) is 0 Å². The third-order valence-electron chi connectivity index (χ3n) is 2.88.